The molecule has 0 unspecified atom stereocenters. The number of aromatic nitrogens is 3. The average molecular weight is 519 g/mol. The number of hydrogen-bond donors (Lipinski definition) is 1. The van der Waals surface area contributed by atoms with Gasteiger partial charge in [-0.25, -0.2) is 4.39 Å². The Labute approximate surface area is 214 Å². The lowest BCUT2D eigenvalue weighted by atomic mass is 10.1. The van der Waals surface area contributed by atoms with Gasteiger partial charge in [-0.3, -0.25) is 9.36 Å². The first-order valence-electron chi connectivity index (χ1n) is 11.4. The number of benzene rings is 2. The number of para-hydroxylation sites is 1. The van der Waals surface area contributed by atoms with Crippen molar-refractivity contribution in [3.8, 4) is 17.2 Å². The maximum absolute atomic E-state index is 13.9. The van der Waals surface area contributed by atoms with Crippen molar-refractivity contribution >= 4 is 17.7 Å². The van der Waals surface area contributed by atoms with Gasteiger partial charge in [-0.2, -0.15) is 0 Å². The summed E-state index contributed by atoms with van der Waals surface area (Å²) in [4.78, 5) is 12.5. The van der Waals surface area contributed by atoms with Crippen LogP contribution >= 0.6 is 11.8 Å². The van der Waals surface area contributed by atoms with Gasteiger partial charge in [0.2, 0.25) is 5.91 Å². The Morgan fingerprint density at radius 3 is 2.58 bits per heavy atom. The Bertz CT molecular complexity index is 1140. The number of hydrogen-bond acceptors (Lipinski definition) is 8. The monoisotopic (exact) mass is 518 g/mol. The van der Waals surface area contributed by atoms with E-state index >= 15 is 0 Å². The van der Waals surface area contributed by atoms with E-state index in [2.05, 4.69) is 15.5 Å². The van der Waals surface area contributed by atoms with Crippen LogP contribution in [0.25, 0.3) is 0 Å². The van der Waals surface area contributed by atoms with E-state index in [1.54, 1.807) is 39.5 Å². The second-order valence-electron chi connectivity index (χ2n) is 7.87. The van der Waals surface area contributed by atoms with E-state index in [1.807, 2.05) is 29.7 Å². The zero-order valence-corrected chi connectivity index (χ0v) is 21.6. The number of amides is 1. The maximum atomic E-state index is 13.9. The summed E-state index contributed by atoms with van der Waals surface area (Å²) in [7, 11) is 4.78. The summed E-state index contributed by atoms with van der Waals surface area (Å²) in [6.07, 6.45) is 0.648. The highest BCUT2D eigenvalue weighted by Gasteiger charge is 2.20. The quantitative estimate of drug-likeness (QED) is 0.323. The van der Waals surface area contributed by atoms with Crippen molar-refractivity contribution in [3.63, 3.8) is 0 Å². The van der Waals surface area contributed by atoms with Crippen molar-refractivity contribution in [3.05, 3.63) is 59.7 Å². The third kappa shape index (κ3) is 7.34. The molecular weight excluding hydrogens is 487 g/mol. The highest BCUT2D eigenvalue weighted by molar-refractivity contribution is 7.99. The molecular formula is C25H31FN4O5S. The summed E-state index contributed by atoms with van der Waals surface area (Å²) in [6.45, 7) is 2.87. The number of halogens is 1. The molecule has 0 bridgehead atoms. The van der Waals surface area contributed by atoms with Crippen molar-refractivity contribution < 1.29 is 28.1 Å². The molecule has 0 aliphatic rings. The molecule has 0 radical (unpaired) electrons. The summed E-state index contributed by atoms with van der Waals surface area (Å²) in [5.41, 5.74) is 1.02. The highest BCUT2D eigenvalue weighted by atomic mass is 32.2. The van der Waals surface area contributed by atoms with Crippen LogP contribution in [0, 0.1) is 5.82 Å². The van der Waals surface area contributed by atoms with Crippen LogP contribution in [0.5, 0.6) is 17.2 Å². The number of carbonyl (C=O) groups excluding carboxylic acids is 1. The molecule has 1 N–H and O–H groups in total. The van der Waals surface area contributed by atoms with E-state index in [4.69, 9.17) is 18.9 Å². The van der Waals surface area contributed by atoms with Crippen LogP contribution in [-0.4, -0.2) is 60.9 Å². The SMILES string of the molecule is COC[C@@H](C)n1c(COc2ccccc2F)nnc1SCC(=O)NCCc1ccc(OC)c(OC)c1. The fraction of sp³-hybridized carbons (Fsp3) is 0.400. The zero-order chi connectivity index (χ0) is 25.9. The van der Waals surface area contributed by atoms with Crippen molar-refractivity contribution in [1.29, 1.82) is 0 Å². The lowest BCUT2D eigenvalue weighted by molar-refractivity contribution is -0.118. The first-order valence-corrected chi connectivity index (χ1v) is 12.4. The molecule has 1 heterocycles. The van der Waals surface area contributed by atoms with E-state index < -0.39 is 5.82 Å². The van der Waals surface area contributed by atoms with Gasteiger partial charge in [-0.05, 0) is 43.2 Å². The molecule has 0 saturated carbocycles. The molecule has 2 aromatic carbocycles. The molecule has 1 aromatic heterocycles. The normalized spacial score (nSPS) is 11.7. The minimum Gasteiger partial charge on any atom is -0.493 e. The first kappa shape index (κ1) is 27.3. The van der Waals surface area contributed by atoms with Gasteiger partial charge in [-0.15, -0.1) is 10.2 Å². The topological polar surface area (TPSA) is 96.7 Å². The predicted molar refractivity (Wildman–Crippen MR) is 134 cm³/mol. The largest absolute Gasteiger partial charge is 0.493 e. The Morgan fingerprint density at radius 1 is 1.08 bits per heavy atom. The molecule has 0 fully saturated rings. The number of ether oxygens (including phenoxy) is 4. The van der Waals surface area contributed by atoms with Gasteiger partial charge in [0.1, 0.15) is 6.61 Å². The minimum atomic E-state index is -0.451. The number of methoxy groups -OCH3 is 3. The summed E-state index contributed by atoms with van der Waals surface area (Å²) >= 11 is 1.27. The van der Waals surface area contributed by atoms with Crippen LogP contribution in [0.3, 0.4) is 0 Å². The highest BCUT2D eigenvalue weighted by Crippen LogP contribution is 2.28. The van der Waals surface area contributed by atoms with Gasteiger partial charge in [0.25, 0.3) is 0 Å². The number of carbonyl (C=O) groups is 1. The number of thioether (sulfide) groups is 1. The van der Waals surface area contributed by atoms with Crippen LogP contribution in [0.2, 0.25) is 0 Å². The minimum absolute atomic E-state index is 0.0278. The molecule has 3 aromatic rings. The standard InChI is InChI=1S/C25H31FN4O5S/c1-17(14-32-2)30-23(15-35-20-8-6-5-7-19(20)26)28-29-25(30)36-16-24(31)27-12-11-18-9-10-21(33-3)22(13-18)34-4/h5-10,13,17H,11-12,14-16H2,1-4H3,(H,27,31)/t17-/m1/s1. The third-order valence-corrected chi connectivity index (χ3v) is 6.24. The molecule has 1 atom stereocenters. The third-order valence-electron chi connectivity index (χ3n) is 5.29. The maximum Gasteiger partial charge on any atom is 0.230 e. The van der Waals surface area contributed by atoms with Crippen LogP contribution in [-0.2, 0) is 22.6 Å². The molecule has 1 amide bonds. The van der Waals surface area contributed by atoms with Crippen molar-refractivity contribution in [2.24, 2.45) is 0 Å². The average Bonchev–Trinajstić information content (AvgIpc) is 3.30. The van der Waals surface area contributed by atoms with E-state index in [0.717, 1.165) is 5.56 Å². The molecule has 0 spiro atoms. The first-order chi connectivity index (χ1) is 17.5. The van der Waals surface area contributed by atoms with Gasteiger partial charge < -0.3 is 24.3 Å². The molecule has 0 aliphatic carbocycles. The van der Waals surface area contributed by atoms with Gasteiger partial charge in [0.15, 0.2) is 34.0 Å². The lowest BCUT2D eigenvalue weighted by Crippen LogP contribution is -2.27. The molecule has 11 heteroatoms. The van der Waals surface area contributed by atoms with Gasteiger partial charge >= 0.3 is 0 Å². The van der Waals surface area contributed by atoms with Gasteiger partial charge in [-0.1, -0.05) is 30.0 Å². The molecule has 9 nitrogen and oxygen atoms in total. The van der Waals surface area contributed by atoms with Gasteiger partial charge in [0.05, 0.1) is 32.6 Å². The molecule has 194 valence electrons. The van der Waals surface area contributed by atoms with Crippen LogP contribution < -0.4 is 19.5 Å². The Balaban J connectivity index is 1.56. The number of nitrogens with zero attached hydrogens (tertiary/aromatic N) is 3. The fourth-order valence-corrected chi connectivity index (χ4v) is 4.42. The van der Waals surface area contributed by atoms with Crippen molar-refractivity contribution in [2.75, 3.05) is 40.2 Å². The zero-order valence-electron chi connectivity index (χ0n) is 20.8. The van der Waals surface area contributed by atoms with Crippen LogP contribution in [0.1, 0.15) is 24.4 Å². The fourth-order valence-electron chi connectivity index (χ4n) is 3.53. The van der Waals surface area contributed by atoms with Crippen molar-refractivity contribution in [1.82, 2.24) is 20.1 Å². The Hall–Kier alpha value is -3.31. The summed E-state index contributed by atoms with van der Waals surface area (Å²) in [6, 6.07) is 11.7. The number of rotatable bonds is 14. The van der Waals surface area contributed by atoms with E-state index in [-0.39, 0.29) is 30.1 Å². The van der Waals surface area contributed by atoms with E-state index in [0.29, 0.717) is 42.1 Å². The van der Waals surface area contributed by atoms with E-state index in [1.165, 1.54) is 17.8 Å². The second-order valence-corrected chi connectivity index (χ2v) is 8.81. The van der Waals surface area contributed by atoms with Crippen molar-refractivity contribution in [2.45, 2.75) is 31.1 Å². The van der Waals surface area contributed by atoms with Crippen LogP contribution in [0.4, 0.5) is 4.39 Å². The Morgan fingerprint density at radius 2 is 1.86 bits per heavy atom. The molecule has 3 rings (SSSR count). The Kier molecular flexibility index (Phi) is 10.4. The number of nitrogens with one attached hydrogen (secondary N) is 1. The summed E-state index contributed by atoms with van der Waals surface area (Å²) in [5.74, 6) is 1.54. The molecule has 36 heavy (non-hydrogen) atoms. The van der Waals surface area contributed by atoms with Gasteiger partial charge in [0, 0.05) is 13.7 Å². The molecule has 0 saturated heterocycles. The smallest absolute Gasteiger partial charge is 0.230 e. The van der Waals surface area contributed by atoms with Crippen LogP contribution in [0.15, 0.2) is 47.6 Å². The van der Waals surface area contributed by atoms with E-state index in [9.17, 15) is 9.18 Å². The lowest BCUT2D eigenvalue weighted by Gasteiger charge is -2.17. The predicted octanol–water partition coefficient (Wildman–Crippen LogP) is 3.67. The summed E-state index contributed by atoms with van der Waals surface area (Å²) in [5, 5.41) is 11.9. The molecule has 0 aliphatic heterocycles. The second kappa shape index (κ2) is 13.7. The summed E-state index contributed by atoms with van der Waals surface area (Å²) < 4.78 is 37.2.